The average Bonchev–Trinajstić information content (AvgIpc) is 3.54. The second-order valence-corrected chi connectivity index (χ2v) is 12.4. The first-order valence-corrected chi connectivity index (χ1v) is 16.2. The lowest BCUT2D eigenvalue weighted by Crippen LogP contribution is -2.09. The first-order chi connectivity index (χ1) is 23.3. The van der Waals surface area contributed by atoms with Crippen molar-refractivity contribution in [3.05, 3.63) is 163 Å². The molecule has 2 atom stereocenters. The van der Waals surface area contributed by atoms with E-state index in [2.05, 4.69) is 121 Å². The summed E-state index contributed by atoms with van der Waals surface area (Å²) < 4.78 is 6.22. The Morgan fingerprint density at radius 1 is 0.532 bits per heavy atom. The molecule has 4 nitrogen and oxygen atoms in total. The normalized spacial score (nSPS) is 16.3. The van der Waals surface area contributed by atoms with Gasteiger partial charge in [-0.2, -0.15) is 0 Å². The number of hydrogen-bond donors (Lipinski definition) is 0. The van der Waals surface area contributed by atoms with Gasteiger partial charge in [-0.25, -0.2) is 15.0 Å². The fourth-order valence-electron chi connectivity index (χ4n) is 7.06. The third-order valence-corrected chi connectivity index (χ3v) is 9.48. The smallest absolute Gasteiger partial charge is 0.164 e. The molecule has 0 aliphatic heterocycles. The topological polar surface area (TPSA) is 51.8 Å². The van der Waals surface area contributed by atoms with Crippen molar-refractivity contribution in [2.45, 2.75) is 24.7 Å². The Hall–Kier alpha value is -5.87. The van der Waals surface area contributed by atoms with Crippen LogP contribution < -0.4 is 0 Å². The highest BCUT2D eigenvalue weighted by Gasteiger charge is 2.22. The Bertz CT molecular complexity index is 2430. The van der Waals surface area contributed by atoms with Gasteiger partial charge >= 0.3 is 0 Å². The minimum absolute atomic E-state index is 0.372. The molecule has 0 radical (unpaired) electrons. The molecule has 4 heteroatoms. The zero-order chi connectivity index (χ0) is 31.2. The number of furan rings is 1. The van der Waals surface area contributed by atoms with Gasteiger partial charge in [-0.15, -0.1) is 0 Å². The lowest BCUT2D eigenvalue weighted by atomic mass is 9.79. The number of benzene rings is 6. The van der Waals surface area contributed by atoms with Crippen LogP contribution in [-0.4, -0.2) is 15.0 Å². The molecule has 0 bridgehead atoms. The van der Waals surface area contributed by atoms with Gasteiger partial charge in [0.05, 0.1) is 0 Å². The highest BCUT2D eigenvalue weighted by molar-refractivity contribution is 6.11. The molecule has 2 heterocycles. The first kappa shape index (κ1) is 27.4. The molecule has 1 aliphatic rings. The summed E-state index contributed by atoms with van der Waals surface area (Å²) in [4.78, 5) is 15.3. The van der Waals surface area contributed by atoms with Gasteiger partial charge in [-0.3, -0.25) is 0 Å². The maximum Gasteiger partial charge on any atom is 0.164 e. The van der Waals surface area contributed by atoms with Gasteiger partial charge in [-0.1, -0.05) is 133 Å². The second kappa shape index (κ2) is 11.5. The van der Waals surface area contributed by atoms with Crippen LogP contribution in [0.5, 0.6) is 0 Å². The van der Waals surface area contributed by atoms with E-state index >= 15 is 0 Å². The third-order valence-electron chi connectivity index (χ3n) is 9.48. The van der Waals surface area contributed by atoms with Crippen molar-refractivity contribution in [1.82, 2.24) is 15.0 Å². The van der Waals surface area contributed by atoms with Gasteiger partial charge < -0.3 is 4.42 Å². The van der Waals surface area contributed by atoms with Crippen LogP contribution in [0.1, 0.15) is 35.8 Å². The predicted molar refractivity (Wildman–Crippen MR) is 191 cm³/mol. The van der Waals surface area contributed by atoms with Crippen molar-refractivity contribution in [3.63, 3.8) is 0 Å². The third kappa shape index (κ3) is 5.08. The van der Waals surface area contributed by atoms with Crippen LogP contribution in [0, 0.1) is 0 Å². The van der Waals surface area contributed by atoms with Crippen LogP contribution in [0.4, 0.5) is 0 Å². The summed E-state index contributed by atoms with van der Waals surface area (Å²) in [6.45, 7) is 0. The Kier molecular flexibility index (Phi) is 6.71. The summed E-state index contributed by atoms with van der Waals surface area (Å²) in [5.74, 6) is 2.82. The lowest BCUT2D eigenvalue weighted by molar-refractivity contribution is 0.566. The number of hydrogen-bond acceptors (Lipinski definition) is 4. The molecule has 0 saturated carbocycles. The summed E-state index contributed by atoms with van der Waals surface area (Å²) in [6, 6.07) is 48.7. The average molecular weight is 606 g/mol. The largest absolute Gasteiger partial charge is 0.456 e. The molecule has 0 N–H and O–H groups in total. The van der Waals surface area contributed by atoms with Crippen LogP contribution in [0.25, 0.3) is 66.9 Å². The standard InChI is InChI=1S/C43H31N3O/c1-2-10-28(11-3-1)33-14-8-15-34(26-33)30-20-23-31(24-21-30)41-44-42(35-25-22-29-12-4-5-13-32(29)27-35)46-43(45-41)37-17-9-19-39-40(37)36-16-6-7-18-38(36)47-39/h1-13,15-25,27,33-34H,14,26H2. The molecule has 9 rings (SSSR count). The molecule has 0 fully saturated rings. The number of nitrogens with zero attached hydrogens (tertiary/aromatic N) is 3. The first-order valence-electron chi connectivity index (χ1n) is 16.2. The number of rotatable bonds is 5. The Labute approximate surface area is 273 Å². The molecule has 8 aromatic rings. The van der Waals surface area contributed by atoms with Crippen LogP contribution >= 0.6 is 0 Å². The summed E-state index contributed by atoms with van der Waals surface area (Å²) in [5, 5.41) is 4.39. The van der Waals surface area contributed by atoms with Crippen molar-refractivity contribution in [1.29, 1.82) is 0 Å². The van der Waals surface area contributed by atoms with Gasteiger partial charge in [0.25, 0.3) is 0 Å². The fraction of sp³-hybridized carbons (Fsp3) is 0.0930. The number of aromatic nitrogens is 3. The van der Waals surface area contributed by atoms with Gasteiger partial charge in [-0.05, 0) is 58.9 Å². The minimum Gasteiger partial charge on any atom is -0.456 e. The van der Waals surface area contributed by atoms with E-state index in [1.165, 1.54) is 16.5 Å². The predicted octanol–water partition coefficient (Wildman–Crippen LogP) is 11.1. The maximum absolute atomic E-state index is 6.22. The molecule has 0 saturated heterocycles. The Morgan fingerprint density at radius 3 is 2.11 bits per heavy atom. The maximum atomic E-state index is 6.22. The molecule has 0 spiro atoms. The van der Waals surface area contributed by atoms with E-state index in [0.717, 1.165) is 56.9 Å². The van der Waals surface area contributed by atoms with Crippen molar-refractivity contribution in [3.8, 4) is 34.2 Å². The van der Waals surface area contributed by atoms with E-state index in [-0.39, 0.29) is 0 Å². The number of fused-ring (bicyclic) bond motifs is 4. The van der Waals surface area contributed by atoms with Gasteiger partial charge in [0, 0.05) is 33.4 Å². The molecular weight excluding hydrogens is 574 g/mol. The molecule has 2 aromatic heterocycles. The molecule has 6 aromatic carbocycles. The summed E-state index contributed by atoms with van der Waals surface area (Å²) >= 11 is 0. The minimum atomic E-state index is 0.372. The van der Waals surface area contributed by atoms with Crippen molar-refractivity contribution in [2.24, 2.45) is 0 Å². The molecule has 224 valence electrons. The van der Waals surface area contributed by atoms with E-state index in [0.29, 0.717) is 29.3 Å². The van der Waals surface area contributed by atoms with Crippen LogP contribution in [0.15, 0.2) is 156 Å². The van der Waals surface area contributed by atoms with E-state index in [1.807, 2.05) is 30.3 Å². The molecule has 47 heavy (non-hydrogen) atoms. The van der Waals surface area contributed by atoms with Crippen molar-refractivity contribution < 1.29 is 4.42 Å². The molecule has 1 aliphatic carbocycles. The van der Waals surface area contributed by atoms with Gasteiger partial charge in [0.1, 0.15) is 11.2 Å². The molecule has 2 unspecified atom stereocenters. The van der Waals surface area contributed by atoms with E-state index in [9.17, 15) is 0 Å². The summed E-state index contributed by atoms with van der Waals surface area (Å²) in [7, 11) is 0. The highest BCUT2D eigenvalue weighted by atomic mass is 16.3. The van der Waals surface area contributed by atoms with Crippen LogP contribution in [0.3, 0.4) is 0 Å². The van der Waals surface area contributed by atoms with Crippen LogP contribution in [0.2, 0.25) is 0 Å². The number of allylic oxidation sites excluding steroid dienone is 2. The van der Waals surface area contributed by atoms with E-state index in [4.69, 9.17) is 19.4 Å². The SMILES string of the molecule is C1=CC(c2ccc(-c3nc(-c4ccc5ccccc5c4)nc(-c4cccc5oc6ccccc6c45)n3)cc2)CC(c2ccccc2)C1. The molecule has 0 amide bonds. The highest BCUT2D eigenvalue weighted by Crippen LogP contribution is 2.39. The number of para-hydroxylation sites is 1. The van der Waals surface area contributed by atoms with Gasteiger partial charge in [0.15, 0.2) is 17.5 Å². The quantitative estimate of drug-likeness (QED) is 0.183. The van der Waals surface area contributed by atoms with Crippen molar-refractivity contribution >= 4 is 32.7 Å². The van der Waals surface area contributed by atoms with Gasteiger partial charge in [0.2, 0.25) is 0 Å². The van der Waals surface area contributed by atoms with E-state index in [1.54, 1.807) is 0 Å². The zero-order valence-corrected chi connectivity index (χ0v) is 25.8. The Balaban J connectivity index is 1.15. The Morgan fingerprint density at radius 2 is 1.23 bits per heavy atom. The lowest BCUT2D eigenvalue weighted by Gasteiger charge is -2.25. The summed E-state index contributed by atoms with van der Waals surface area (Å²) in [6.07, 6.45) is 6.89. The van der Waals surface area contributed by atoms with Crippen molar-refractivity contribution in [2.75, 3.05) is 0 Å². The molecular formula is C43H31N3O. The van der Waals surface area contributed by atoms with Crippen LogP contribution in [-0.2, 0) is 0 Å². The fourth-order valence-corrected chi connectivity index (χ4v) is 7.06. The zero-order valence-electron chi connectivity index (χ0n) is 25.8. The monoisotopic (exact) mass is 605 g/mol. The summed E-state index contributed by atoms with van der Waals surface area (Å²) in [5.41, 5.74) is 7.23. The second-order valence-electron chi connectivity index (χ2n) is 12.4. The van der Waals surface area contributed by atoms with E-state index < -0.39 is 0 Å².